The van der Waals surface area contributed by atoms with Crippen molar-refractivity contribution in [1.82, 2.24) is 0 Å². The Morgan fingerprint density at radius 3 is 2.93 bits per heavy atom. The van der Waals surface area contributed by atoms with E-state index in [4.69, 9.17) is 0 Å². The average molecular weight is 268 g/mol. The summed E-state index contributed by atoms with van der Waals surface area (Å²) in [5.74, 6) is 0.774. The minimum atomic E-state index is 0.138. The Hall–Kier alpha value is -0.830. The van der Waals surface area contributed by atoms with Gasteiger partial charge in [-0.25, -0.2) is 0 Å². The zero-order chi connectivity index (χ0) is 10.8. The molecule has 15 heavy (non-hydrogen) atoms. The summed E-state index contributed by atoms with van der Waals surface area (Å²) >= 11 is 3.45. The summed E-state index contributed by atoms with van der Waals surface area (Å²) in [5.41, 5.74) is 2.00. The number of nitrogens with one attached hydrogen (secondary N) is 1. The molecule has 2 nitrogen and oxygen atoms in total. The van der Waals surface area contributed by atoms with Gasteiger partial charge in [0.25, 0.3) is 0 Å². The van der Waals surface area contributed by atoms with Crippen molar-refractivity contribution in [2.45, 2.75) is 26.2 Å². The molecule has 0 unspecified atom stereocenters. The summed E-state index contributed by atoms with van der Waals surface area (Å²) in [4.78, 5) is 11.6. The summed E-state index contributed by atoms with van der Waals surface area (Å²) in [6, 6.07) is 5.85. The fourth-order valence-electron chi connectivity index (χ4n) is 1.53. The highest BCUT2D eigenvalue weighted by atomic mass is 79.9. The largest absolute Gasteiger partial charge is 0.326 e. The lowest BCUT2D eigenvalue weighted by Gasteiger charge is -2.09. The van der Waals surface area contributed by atoms with Gasteiger partial charge in [0.15, 0.2) is 0 Å². The summed E-state index contributed by atoms with van der Waals surface area (Å²) < 4.78 is 1.03. The summed E-state index contributed by atoms with van der Waals surface area (Å²) in [5, 5.41) is 2.95. The van der Waals surface area contributed by atoms with Gasteiger partial charge in [-0.1, -0.05) is 22.0 Å². The maximum absolute atomic E-state index is 11.6. The number of halogens is 1. The van der Waals surface area contributed by atoms with Gasteiger partial charge in [-0.3, -0.25) is 4.79 Å². The molecule has 0 aromatic heterocycles. The maximum atomic E-state index is 11.6. The Morgan fingerprint density at radius 1 is 1.53 bits per heavy atom. The first-order valence-corrected chi connectivity index (χ1v) is 6.01. The van der Waals surface area contributed by atoms with Gasteiger partial charge in [0.05, 0.1) is 0 Å². The van der Waals surface area contributed by atoms with Crippen molar-refractivity contribution in [1.29, 1.82) is 0 Å². The number of amides is 1. The zero-order valence-corrected chi connectivity index (χ0v) is 10.3. The van der Waals surface area contributed by atoms with Crippen LogP contribution in [-0.4, -0.2) is 5.91 Å². The molecule has 80 valence electrons. The van der Waals surface area contributed by atoms with E-state index >= 15 is 0 Å². The molecule has 2 rings (SSSR count). The van der Waals surface area contributed by atoms with E-state index < -0.39 is 0 Å². The van der Waals surface area contributed by atoms with Crippen LogP contribution in [0.3, 0.4) is 0 Å². The number of rotatable bonds is 3. The molecule has 0 atom stereocenters. The Bertz CT molecular complexity index is 385. The molecule has 0 radical (unpaired) electrons. The van der Waals surface area contributed by atoms with E-state index in [1.165, 1.54) is 12.8 Å². The number of carbonyl (C=O) groups excluding carboxylic acids is 1. The molecule has 0 aliphatic heterocycles. The third-order valence-corrected chi connectivity index (χ3v) is 3.57. The van der Waals surface area contributed by atoms with Gasteiger partial charge < -0.3 is 5.32 Å². The van der Waals surface area contributed by atoms with E-state index in [1.807, 2.05) is 25.1 Å². The number of benzene rings is 1. The lowest BCUT2D eigenvalue weighted by atomic mass is 10.2. The normalized spacial score (nSPS) is 15.1. The molecule has 1 aromatic carbocycles. The number of hydrogen-bond acceptors (Lipinski definition) is 1. The fourth-order valence-corrected chi connectivity index (χ4v) is 1.89. The van der Waals surface area contributed by atoms with Gasteiger partial charge in [0.2, 0.25) is 5.91 Å². The highest BCUT2D eigenvalue weighted by Gasteiger charge is 2.24. The first kappa shape index (κ1) is 10.7. The third-order valence-electron chi connectivity index (χ3n) is 2.71. The van der Waals surface area contributed by atoms with Crippen molar-refractivity contribution < 1.29 is 4.79 Å². The van der Waals surface area contributed by atoms with E-state index in [1.54, 1.807) is 0 Å². The van der Waals surface area contributed by atoms with Gasteiger partial charge in [0, 0.05) is 16.6 Å². The van der Waals surface area contributed by atoms with Crippen LogP contribution in [0, 0.1) is 12.8 Å². The standard InChI is InChI=1S/C12H14BrNO/c1-8-10(13)3-2-4-11(8)14-12(15)7-9-5-6-9/h2-4,9H,5-7H2,1H3,(H,14,15). The molecular weight excluding hydrogens is 254 g/mol. The molecule has 1 amide bonds. The van der Waals surface area contributed by atoms with Gasteiger partial charge in [-0.15, -0.1) is 0 Å². The second-order valence-corrected chi connectivity index (χ2v) is 4.96. The van der Waals surface area contributed by atoms with Crippen LogP contribution in [-0.2, 0) is 4.79 Å². The van der Waals surface area contributed by atoms with Crippen LogP contribution < -0.4 is 5.32 Å². The second kappa shape index (κ2) is 4.35. The molecule has 0 bridgehead atoms. The first-order chi connectivity index (χ1) is 7.16. The zero-order valence-electron chi connectivity index (χ0n) is 8.72. The minimum absolute atomic E-state index is 0.138. The monoisotopic (exact) mass is 267 g/mol. The maximum Gasteiger partial charge on any atom is 0.224 e. The van der Waals surface area contributed by atoms with Crippen molar-refractivity contribution in [2.24, 2.45) is 5.92 Å². The highest BCUT2D eigenvalue weighted by Crippen LogP contribution is 2.33. The smallest absolute Gasteiger partial charge is 0.224 e. The van der Waals surface area contributed by atoms with Crippen LogP contribution in [0.4, 0.5) is 5.69 Å². The molecule has 0 heterocycles. The van der Waals surface area contributed by atoms with Crippen LogP contribution in [0.25, 0.3) is 0 Å². The highest BCUT2D eigenvalue weighted by molar-refractivity contribution is 9.10. The Labute approximate surface area is 98.2 Å². The quantitative estimate of drug-likeness (QED) is 0.893. The van der Waals surface area contributed by atoms with Gasteiger partial charge in [-0.2, -0.15) is 0 Å². The molecule has 1 N–H and O–H groups in total. The summed E-state index contributed by atoms with van der Waals surface area (Å²) in [6.45, 7) is 2.00. The molecule has 0 spiro atoms. The molecule has 0 saturated heterocycles. The van der Waals surface area contributed by atoms with Gasteiger partial charge in [-0.05, 0) is 43.4 Å². The van der Waals surface area contributed by atoms with E-state index in [9.17, 15) is 4.79 Å². The molecular formula is C12H14BrNO. The van der Waals surface area contributed by atoms with Crippen molar-refractivity contribution in [2.75, 3.05) is 5.32 Å². The predicted molar refractivity (Wildman–Crippen MR) is 64.8 cm³/mol. The van der Waals surface area contributed by atoms with Crippen LogP contribution in [0.2, 0.25) is 0 Å². The van der Waals surface area contributed by atoms with Crippen molar-refractivity contribution in [3.8, 4) is 0 Å². The average Bonchev–Trinajstić information content (AvgIpc) is 2.97. The first-order valence-electron chi connectivity index (χ1n) is 5.22. The number of carbonyl (C=O) groups is 1. The molecule has 1 aliphatic rings. The topological polar surface area (TPSA) is 29.1 Å². The Kier molecular flexibility index (Phi) is 3.10. The van der Waals surface area contributed by atoms with Crippen LogP contribution >= 0.6 is 15.9 Å². The van der Waals surface area contributed by atoms with E-state index in [0.717, 1.165) is 15.7 Å². The van der Waals surface area contributed by atoms with Gasteiger partial charge >= 0.3 is 0 Å². The molecule has 1 saturated carbocycles. The predicted octanol–water partition coefficient (Wildman–Crippen LogP) is 3.50. The number of hydrogen-bond donors (Lipinski definition) is 1. The van der Waals surface area contributed by atoms with Crippen LogP contribution in [0.15, 0.2) is 22.7 Å². The van der Waals surface area contributed by atoms with Crippen molar-refractivity contribution >= 4 is 27.5 Å². The second-order valence-electron chi connectivity index (χ2n) is 4.11. The molecule has 1 aliphatic carbocycles. The summed E-state index contributed by atoms with van der Waals surface area (Å²) in [6.07, 6.45) is 3.10. The SMILES string of the molecule is Cc1c(Br)cccc1NC(=O)CC1CC1. The Morgan fingerprint density at radius 2 is 2.27 bits per heavy atom. The van der Waals surface area contributed by atoms with E-state index in [2.05, 4.69) is 21.2 Å². The lowest BCUT2D eigenvalue weighted by Crippen LogP contribution is -2.12. The minimum Gasteiger partial charge on any atom is -0.326 e. The van der Waals surface area contributed by atoms with E-state index in [0.29, 0.717) is 12.3 Å². The third kappa shape index (κ3) is 2.81. The van der Waals surface area contributed by atoms with Crippen molar-refractivity contribution in [3.63, 3.8) is 0 Å². The Balaban J connectivity index is 2.02. The molecule has 3 heteroatoms. The van der Waals surface area contributed by atoms with Crippen LogP contribution in [0.1, 0.15) is 24.8 Å². The molecule has 1 aromatic rings. The van der Waals surface area contributed by atoms with E-state index in [-0.39, 0.29) is 5.91 Å². The molecule has 1 fully saturated rings. The van der Waals surface area contributed by atoms with Gasteiger partial charge in [0.1, 0.15) is 0 Å². The van der Waals surface area contributed by atoms with Crippen molar-refractivity contribution in [3.05, 3.63) is 28.2 Å². The lowest BCUT2D eigenvalue weighted by molar-refractivity contribution is -0.116. The summed E-state index contributed by atoms with van der Waals surface area (Å²) in [7, 11) is 0. The fraction of sp³-hybridized carbons (Fsp3) is 0.417. The van der Waals surface area contributed by atoms with Crippen LogP contribution in [0.5, 0.6) is 0 Å². The number of anilines is 1.